The van der Waals surface area contributed by atoms with E-state index in [1.165, 1.54) is 12.1 Å². The van der Waals surface area contributed by atoms with Crippen LogP contribution in [0.25, 0.3) is 0 Å². The third-order valence-corrected chi connectivity index (χ3v) is 4.12. The Morgan fingerprint density at radius 2 is 1.83 bits per heavy atom. The van der Waals surface area contributed by atoms with Gasteiger partial charge >= 0.3 is 0 Å². The Morgan fingerprint density at radius 3 is 2.44 bits per heavy atom. The van der Waals surface area contributed by atoms with Gasteiger partial charge in [-0.3, -0.25) is 4.79 Å². The zero-order chi connectivity index (χ0) is 13.3. The van der Waals surface area contributed by atoms with Crippen molar-refractivity contribution in [1.82, 2.24) is 4.90 Å². The molecule has 3 nitrogen and oxygen atoms in total. The van der Waals surface area contributed by atoms with Gasteiger partial charge < -0.3 is 10.0 Å². The lowest BCUT2D eigenvalue weighted by molar-refractivity contribution is 0.0854. The molecule has 1 aromatic rings. The number of hydrogen-bond acceptors (Lipinski definition) is 3. The SMILES string of the molecule is CN1CCC(C(=O)c2cc(Cl)c(Cl)cc2O)CC1. The highest BCUT2D eigenvalue weighted by Crippen LogP contribution is 2.32. The van der Waals surface area contributed by atoms with E-state index in [4.69, 9.17) is 23.2 Å². The number of likely N-dealkylation sites (tertiary alicyclic amines) is 1. The molecular formula is C13H15Cl2NO2. The molecule has 0 amide bonds. The highest BCUT2D eigenvalue weighted by Gasteiger charge is 2.26. The number of benzene rings is 1. The minimum Gasteiger partial charge on any atom is -0.507 e. The molecule has 0 unspecified atom stereocenters. The summed E-state index contributed by atoms with van der Waals surface area (Å²) in [5, 5.41) is 10.3. The Kier molecular flexibility index (Phi) is 4.15. The van der Waals surface area contributed by atoms with E-state index in [9.17, 15) is 9.90 Å². The van der Waals surface area contributed by atoms with Gasteiger partial charge in [0.25, 0.3) is 0 Å². The van der Waals surface area contributed by atoms with Crippen molar-refractivity contribution in [2.75, 3.05) is 20.1 Å². The highest BCUT2D eigenvalue weighted by atomic mass is 35.5. The van der Waals surface area contributed by atoms with Gasteiger partial charge in [0, 0.05) is 12.0 Å². The van der Waals surface area contributed by atoms with Gasteiger partial charge in [-0.15, -0.1) is 0 Å². The van der Waals surface area contributed by atoms with E-state index in [0.29, 0.717) is 5.02 Å². The van der Waals surface area contributed by atoms with Gasteiger partial charge in [0.1, 0.15) is 5.75 Å². The van der Waals surface area contributed by atoms with Gasteiger partial charge in [-0.25, -0.2) is 0 Å². The van der Waals surface area contributed by atoms with Crippen LogP contribution in [0.3, 0.4) is 0 Å². The first-order valence-electron chi connectivity index (χ1n) is 5.90. The first-order chi connectivity index (χ1) is 8.49. The van der Waals surface area contributed by atoms with E-state index >= 15 is 0 Å². The predicted molar refractivity (Wildman–Crippen MR) is 72.7 cm³/mol. The van der Waals surface area contributed by atoms with Crippen LogP contribution in [0.15, 0.2) is 12.1 Å². The molecule has 0 aromatic heterocycles. The smallest absolute Gasteiger partial charge is 0.169 e. The standard InChI is InChI=1S/C13H15Cl2NO2/c1-16-4-2-8(3-5-16)13(18)9-6-10(14)11(15)7-12(9)17/h6-8,17H,2-5H2,1H3. The maximum absolute atomic E-state index is 12.3. The molecule has 2 rings (SSSR count). The first kappa shape index (κ1) is 13.7. The van der Waals surface area contributed by atoms with Crippen molar-refractivity contribution in [3.05, 3.63) is 27.7 Å². The summed E-state index contributed by atoms with van der Waals surface area (Å²) in [6, 6.07) is 2.78. The fourth-order valence-electron chi connectivity index (χ4n) is 2.22. The summed E-state index contributed by atoms with van der Waals surface area (Å²) >= 11 is 11.7. The number of nitrogens with zero attached hydrogens (tertiary/aromatic N) is 1. The van der Waals surface area contributed by atoms with Crippen LogP contribution >= 0.6 is 23.2 Å². The van der Waals surface area contributed by atoms with Gasteiger partial charge in [-0.05, 0) is 39.0 Å². The fourth-order valence-corrected chi connectivity index (χ4v) is 2.55. The Morgan fingerprint density at radius 1 is 1.28 bits per heavy atom. The molecule has 5 heteroatoms. The van der Waals surface area contributed by atoms with Crippen molar-refractivity contribution in [3.8, 4) is 5.75 Å². The number of halogens is 2. The van der Waals surface area contributed by atoms with Crippen molar-refractivity contribution in [1.29, 1.82) is 0 Å². The third-order valence-electron chi connectivity index (χ3n) is 3.39. The molecule has 18 heavy (non-hydrogen) atoms. The second kappa shape index (κ2) is 5.47. The topological polar surface area (TPSA) is 40.5 Å². The Bertz CT molecular complexity index is 468. The lowest BCUT2D eigenvalue weighted by Crippen LogP contribution is -2.33. The molecule has 1 heterocycles. The van der Waals surface area contributed by atoms with Crippen LogP contribution < -0.4 is 0 Å². The number of carbonyl (C=O) groups excluding carboxylic acids is 1. The average molecular weight is 288 g/mol. The van der Waals surface area contributed by atoms with Crippen LogP contribution in [0.1, 0.15) is 23.2 Å². The molecule has 98 valence electrons. The summed E-state index contributed by atoms with van der Waals surface area (Å²) in [7, 11) is 2.04. The molecule has 0 atom stereocenters. The maximum atomic E-state index is 12.3. The zero-order valence-corrected chi connectivity index (χ0v) is 11.6. The average Bonchev–Trinajstić information content (AvgIpc) is 2.34. The van der Waals surface area contributed by atoms with Crippen molar-refractivity contribution in [2.45, 2.75) is 12.8 Å². The van der Waals surface area contributed by atoms with E-state index in [0.717, 1.165) is 25.9 Å². The van der Waals surface area contributed by atoms with Crippen molar-refractivity contribution >= 4 is 29.0 Å². The van der Waals surface area contributed by atoms with Crippen LogP contribution in [0.4, 0.5) is 0 Å². The number of phenols is 1. The number of piperidine rings is 1. The summed E-state index contributed by atoms with van der Waals surface area (Å²) in [4.78, 5) is 14.5. The lowest BCUT2D eigenvalue weighted by Gasteiger charge is -2.28. The minimum absolute atomic E-state index is 0.0376. The third kappa shape index (κ3) is 2.79. The van der Waals surface area contributed by atoms with E-state index in [2.05, 4.69) is 4.90 Å². The predicted octanol–water partition coefficient (Wildman–Crippen LogP) is 3.22. The summed E-state index contributed by atoms with van der Waals surface area (Å²) < 4.78 is 0. The van der Waals surface area contributed by atoms with Crippen molar-refractivity contribution < 1.29 is 9.90 Å². The van der Waals surface area contributed by atoms with Crippen LogP contribution in [-0.4, -0.2) is 35.9 Å². The quantitative estimate of drug-likeness (QED) is 0.849. The molecule has 1 aromatic carbocycles. The highest BCUT2D eigenvalue weighted by molar-refractivity contribution is 6.42. The van der Waals surface area contributed by atoms with Gasteiger partial charge in [-0.1, -0.05) is 23.2 Å². The van der Waals surface area contributed by atoms with E-state index in [-0.39, 0.29) is 28.0 Å². The molecule has 1 aliphatic heterocycles. The van der Waals surface area contributed by atoms with E-state index in [1.807, 2.05) is 7.05 Å². The summed E-state index contributed by atoms with van der Waals surface area (Å²) in [6.07, 6.45) is 1.63. The van der Waals surface area contributed by atoms with Crippen LogP contribution in [0, 0.1) is 5.92 Å². The van der Waals surface area contributed by atoms with Crippen molar-refractivity contribution in [2.24, 2.45) is 5.92 Å². The van der Waals surface area contributed by atoms with Gasteiger partial charge in [0.2, 0.25) is 0 Å². The molecule has 1 aliphatic rings. The Hall–Kier alpha value is -0.770. The number of phenolic OH excluding ortho intramolecular Hbond substituents is 1. The molecule has 0 spiro atoms. The van der Waals surface area contributed by atoms with E-state index in [1.54, 1.807) is 0 Å². The number of carbonyl (C=O) groups is 1. The number of ketones is 1. The first-order valence-corrected chi connectivity index (χ1v) is 6.65. The second-order valence-corrected chi connectivity index (χ2v) is 5.54. The van der Waals surface area contributed by atoms with Crippen molar-refractivity contribution in [3.63, 3.8) is 0 Å². The zero-order valence-electron chi connectivity index (χ0n) is 10.1. The Balaban J connectivity index is 2.21. The monoisotopic (exact) mass is 287 g/mol. The molecule has 0 aliphatic carbocycles. The molecule has 1 saturated heterocycles. The van der Waals surface area contributed by atoms with Gasteiger partial charge in [0.05, 0.1) is 15.6 Å². The summed E-state index contributed by atoms with van der Waals surface area (Å²) in [5.41, 5.74) is 0.277. The number of Topliss-reactive ketones (excluding diaryl/α,β-unsaturated/α-hetero) is 1. The van der Waals surface area contributed by atoms with Gasteiger partial charge in [0.15, 0.2) is 5.78 Å². The van der Waals surface area contributed by atoms with Crippen LogP contribution in [0.5, 0.6) is 5.75 Å². The summed E-state index contributed by atoms with van der Waals surface area (Å²) in [6.45, 7) is 1.80. The number of hydrogen-bond donors (Lipinski definition) is 1. The Labute approximate surface area is 116 Å². The maximum Gasteiger partial charge on any atom is 0.169 e. The minimum atomic E-state index is -0.0895. The number of aromatic hydroxyl groups is 1. The molecular weight excluding hydrogens is 273 g/mol. The van der Waals surface area contributed by atoms with E-state index < -0.39 is 0 Å². The normalized spacial score (nSPS) is 17.9. The number of rotatable bonds is 2. The fraction of sp³-hybridized carbons (Fsp3) is 0.462. The largest absolute Gasteiger partial charge is 0.507 e. The molecule has 0 bridgehead atoms. The molecule has 1 N–H and O–H groups in total. The van der Waals surface area contributed by atoms with Gasteiger partial charge in [-0.2, -0.15) is 0 Å². The lowest BCUT2D eigenvalue weighted by atomic mass is 9.89. The second-order valence-electron chi connectivity index (χ2n) is 4.73. The summed E-state index contributed by atoms with van der Waals surface area (Å²) in [5.74, 6) is -0.170. The van der Waals surface area contributed by atoms with Crippen LogP contribution in [0.2, 0.25) is 10.0 Å². The molecule has 1 fully saturated rings. The molecule has 0 radical (unpaired) electrons. The van der Waals surface area contributed by atoms with Crippen LogP contribution in [-0.2, 0) is 0 Å². The molecule has 0 saturated carbocycles.